The van der Waals surface area contributed by atoms with Gasteiger partial charge in [-0.15, -0.1) is 9.20 Å². The lowest BCUT2D eigenvalue weighted by Crippen LogP contribution is -2.34. The molecule has 0 aliphatic heterocycles. The average molecular weight is 364 g/mol. The molecule has 2 aromatic carbocycles. The van der Waals surface area contributed by atoms with Crippen molar-refractivity contribution < 1.29 is 4.68 Å². The molecule has 0 aliphatic rings. The van der Waals surface area contributed by atoms with Crippen LogP contribution in [-0.2, 0) is 7.05 Å². The Hall–Kier alpha value is -2.35. The summed E-state index contributed by atoms with van der Waals surface area (Å²) in [6.07, 6.45) is 2.16. The van der Waals surface area contributed by atoms with Crippen molar-refractivity contribution in [1.82, 2.24) is 4.52 Å². The fraction of sp³-hybridized carbons (Fsp3) is 0.400. The van der Waals surface area contributed by atoms with Crippen LogP contribution in [0.15, 0.2) is 30.5 Å². The van der Waals surface area contributed by atoms with Gasteiger partial charge < -0.3 is 0 Å². The Morgan fingerprint density at radius 3 is 1.85 bits per heavy atom. The van der Waals surface area contributed by atoms with E-state index in [1.54, 1.807) is 0 Å². The molecule has 2 aromatic heterocycles. The molecular formula is C25H35N2+. The molecule has 144 valence electrons. The highest BCUT2D eigenvalue weighted by atomic mass is 15.3. The van der Waals surface area contributed by atoms with Crippen molar-refractivity contribution >= 4 is 27.2 Å². The molecule has 27 heavy (non-hydrogen) atoms. The first-order valence-corrected chi connectivity index (χ1v) is 10.2. The number of aromatic nitrogens is 2. The highest BCUT2D eigenvalue weighted by molar-refractivity contribution is 6.16. The molecule has 0 atom stereocenters. The Kier molecular flexibility index (Phi) is 6.30. The van der Waals surface area contributed by atoms with Gasteiger partial charge in [0.25, 0.3) is 0 Å². The molecular weight excluding hydrogens is 328 g/mol. The third-order valence-corrected chi connectivity index (χ3v) is 5.65. The highest BCUT2D eigenvalue weighted by Crippen LogP contribution is 2.37. The van der Waals surface area contributed by atoms with Gasteiger partial charge in [-0.1, -0.05) is 45.9 Å². The van der Waals surface area contributed by atoms with Gasteiger partial charge in [0, 0.05) is 16.8 Å². The number of fused-ring (bicyclic) bond motifs is 6. The largest absolute Gasteiger partial charge is 0.196 e. The number of nitrogens with zero attached hydrogens (tertiary/aromatic N) is 2. The van der Waals surface area contributed by atoms with E-state index in [2.05, 4.69) is 81.3 Å². The predicted molar refractivity (Wildman–Crippen MR) is 120 cm³/mol. The lowest BCUT2D eigenvalue weighted by molar-refractivity contribution is -0.735. The Morgan fingerprint density at radius 1 is 0.704 bits per heavy atom. The molecule has 0 N–H and O–H groups in total. The smallest absolute Gasteiger partial charge is 0.120 e. The zero-order valence-corrected chi connectivity index (χ0v) is 18.8. The fourth-order valence-corrected chi connectivity index (χ4v) is 4.06. The third kappa shape index (κ3) is 3.01. The Balaban J connectivity index is 0.000000614. The summed E-state index contributed by atoms with van der Waals surface area (Å²) < 4.78 is 4.54. The standard InChI is InChI=1S/C21H23N2.2C2H6/c1-12-8-7-9-17-19-15(4)13(2)14(3)16(5)20(19)18-10-11-22(6)23(18)21(12)17;2*1-2/h7-11H,1-6H3;2*1-2H3/q+1;;. The second-order valence-corrected chi connectivity index (χ2v) is 6.81. The summed E-state index contributed by atoms with van der Waals surface area (Å²) in [5, 5.41) is 4.16. The predicted octanol–water partition coefficient (Wildman–Crippen LogP) is 6.66. The van der Waals surface area contributed by atoms with E-state index in [-0.39, 0.29) is 0 Å². The summed E-state index contributed by atoms with van der Waals surface area (Å²) in [6, 6.07) is 8.90. The van der Waals surface area contributed by atoms with Crippen LogP contribution < -0.4 is 4.68 Å². The van der Waals surface area contributed by atoms with E-state index >= 15 is 0 Å². The maximum absolute atomic E-state index is 2.36. The van der Waals surface area contributed by atoms with Gasteiger partial charge in [0.2, 0.25) is 0 Å². The van der Waals surface area contributed by atoms with Crippen molar-refractivity contribution in [3.63, 3.8) is 0 Å². The number of para-hydroxylation sites is 1. The summed E-state index contributed by atoms with van der Waals surface area (Å²) in [5.41, 5.74) is 9.56. The van der Waals surface area contributed by atoms with Crippen LogP contribution in [0.25, 0.3) is 27.2 Å². The monoisotopic (exact) mass is 363 g/mol. The molecule has 2 heteroatoms. The van der Waals surface area contributed by atoms with Crippen LogP contribution in [0.4, 0.5) is 0 Å². The maximum atomic E-state index is 2.36. The van der Waals surface area contributed by atoms with E-state index < -0.39 is 0 Å². The number of rotatable bonds is 0. The lowest BCUT2D eigenvalue weighted by atomic mass is 9.89. The second kappa shape index (κ2) is 8.12. The van der Waals surface area contributed by atoms with Crippen LogP contribution in [0.1, 0.15) is 55.5 Å². The average Bonchev–Trinajstić information content (AvgIpc) is 3.08. The maximum Gasteiger partial charge on any atom is 0.196 e. The second-order valence-electron chi connectivity index (χ2n) is 6.81. The molecule has 0 bridgehead atoms. The summed E-state index contributed by atoms with van der Waals surface area (Å²) in [7, 11) is 2.12. The third-order valence-electron chi connectivity index (χ3n) is 5.65. The van der Waals surface area contributed by atoms with E-state index in [1.165, 1.54) is 55.0 Å². The van der Waals surface area contributed by atoms with Gasteiger partial charge in [-0.2, -0.15) is 0 Å². The first-order valence-electron chi connectivity index (χ1n) is 10.2. The number of hydrogen-bond donors (Lipinski definition) is 0. The zero-order chi connectivity index (χ0) is 20.5. The minimum absolute atomic E-state index is 1.30. The lowest BCUT2D eigenvalue weighted by Gasteiger charge is -2.17. The normalized spacial score (nSPS) is 10.6. The summed E-state index contributed by atoms with van der Waals surface area (Å²) in [4.78, 5) is 0. The van der Waals surface area contributed by atoms with Crippen molar-refractivity contribution in [2.75, 3.05) is 0 Å². The van der Waals surface area contributed by atoms with Crippen molar-refractivity contribution in [2.45, 2.75) is 62.3 Å². The number of aryl methyl sites for hydroxylation is 4. The van der Waals surface area contributed by atoms with Gasteiger partial charge in [-0.25, -0.2) is 0 Å². The van der Waals surface area contributed by atoms with Crippen LogP contribution in [0.5, 0.6) is 0 Å². The van der Waals surface area contributed by atoms with Gasteiger partial charge in [-0.3, -0.25) is 0 Å². The Labute approximate surface area is 164 Å². The van der Waals surface area contributed by atoms with Crippen LogP contribution >= 0.6 is 0 Å². The Bertz CT molecular complexity index is 1110. The zero-order valence-electron chi connectivity index (χ0n) is 18.8. The number of pyridine rings is 1. The summed E-state index contributed by atoms with van der Waals surface area (Å²) in [5.74, 6) is 0. The minimum Gasteiger partial charge on any atom is -0.120 e. The van der Waals surface area contributed by atoms with Crippen molar-refractivity contribution in [3.8, 4) is 0 Å². The number of benzene rings is 2. The van der Waals surface area contributed by atoms with Crippen molar-refractivity contribution in [1.29, 1.82) is 0 Å². The SMILES string of the molecule is CC.CC.Cc1c(C)c(C)c2c(c1C)c1cccc(C)c1n1c2cc[n+]1C. The van der Waals surface area contributed by atoms with Gasteiger partial charge in [0.15, 0.2) is 13.2 Å². The van der Waals surface area contributed by atoms with E-state index in [9.17, 15) is 0 Å². The first-order chi connectivity index (χ1) is 12.9. The summed E-state index contributed by atoms with van der Waals surface area (Å²) >= 11 is 0. The van der Waals surface area contributed by atoms with Crippen LogP contribution in [0.3, 0.4) is 0 Å². The molecule has 0 radical (unpaired) electrons. The van der Waals surface area contributed by atoms with E-state index in [0.29, 0.717) is 0 Å². The molecule has 2 nitrogen and oxygen atoms in total. The highest BCUT2D eigenvalue weighted by Gasteiger charge is 2.20. The molecule has 4 aromatic rings. The van der Waals surface area contributed by atoms with Gasteiger partial charge in [0.05, 0.1) is 0 Å². The molecule has 0 fully saturated rings. The number of hydrogen-bond acceptors (Lipinski definition) is 0. The molecule has 0 saturated carbocycles. The minimum atomic E-state index is 1.30. The molecule has 0 saturated heterocycles. The molecule has 0 spiro atoms. The van der Waals surface area contributed by atoms with E-state index in [4.69, 9.17) is 0 Å². The fourth-order valence-electron chi connectivity index (χ4n) is 4.06. The first kappa shape index (κ1) is 21.0. The van der Waals surface area contributed by atoms with E-state index in [1.807, 2.05) is 27.7 Å². The van der Waals surface area contributed by atoms with Crippen molar-refractivity contribution in [2.24, 2.45) is 7.05 Å². The molecule has 4 rings (SSSR count). The van der Waals surface area contributed by atoms with Crippen molar-refractivity contribution in [3.05, 3.63) is 58.3 Å². The van der Waals surface area contributed by atoms with Crippen LogP contribution in [0.2, 0.25) is 0 Å². The van der Waals surface area contributed by atoms with E-state index in [0.717, 1.165) is 0 Å². The molecule has 2 heterocycles. The summed E-state index contributed by atoms with van der Waals surface area (Å²) in [6.45, 7) is 19.2. The molecule has 0 amide bonds. The topological polar surface area (TPSA) is 8.29 Å². The van der Waals surface area contributed by atoms with Gasteiger partial charge in [-0.05, 0) is 67.8 Å². The quantitative estimate of drug-likeness (QED) is 0.244. The van der Waals surface area contributed by atoms with Gasteiger partial charge >= 0.3 is 0 Å². The van der Waals surface area contributed by atoms with Gasteiger partial charge in [0.1, 0.15) is 11.0 Å². The molecule has 0 aliphatic carbocycles. The molecule has 0 unspecified atom stereocenters. The van der Waals surface area contributed by atoms with Crippen LogP contribution in [-0.4, -0.2) is 4.52 Å². The van der Waals surface area contributed by atoms with Crippen LogP contribution in [0, 0.1) is 34.6 Å². The Morgan fingerprint density at radius 2 is 1.26 bits per heavy atom.